The van der Waals surface area contributed by atoms with Crippen LogP contribution in [0.15, 0.2) is 48.5 Å². The number of ether oxygens (including phenoxy) is 1. The van der Waals surface area contributed by atoms with Crippen LogP contribution in [0.1, 0.15) is 30.5 Å². The smallest absolute Gasteiger partial charge is 0.176 e. The van der Waals surface area contributed by atoms with Crippen molar-refractivity contribution in [3.05, 3.63) is 65.2 Å². The number of hydrogen-bond donors (Lipinski definition) is 1. The minimum absolute atomic E-state index is 0.207. The highest BCUT2D eigenvalue weighted by Crippen LogP contribution is 2.31. The van der Waals surface area contributed by atoms with Crippen LogP contribution in [-0.2, 0) is 10.3 Å². The molecule has 1 N–H and O–H groups in total. The van der Waals surface area contributed by atoms with Crippen LogP contribution in [0.3, 0.4) is 0 Å². The molecule has 130 valence electrons. The minimum atomic E-state index is -1.42. The molecule has 1 saturated heterocycles. The van der Waals surface area contributed by atoms with E-state index >= 15 is 0 Å². The lowest BCUT2D eigenvalue weighted by Gasteiger charge is -2.37. The van der Waals surface area contributed by atoms with Gasteiger partial charge in [-0.15, -0.1) is 6.42 Å². The number of benzene rings is 2. The Labute approximate surface area is 150 Å². The second-order valence-corrected chi connectivity index (χ2v) is 6.93. The van der Waals surface area contributed by atoms with E-state index in [4.69, 9.17) is 11.2 Å². The molecule has 0 spiro atoms. The number of aliphatic hydroxyl groups is 1. The lowest BCUT2D eigenvalue weighted by molar-refractivity contribution is -0.00522. The summed E-state index contributed by atoms with van der Waals surface area (Å²) >= 11 is 0. The number of aryl methyl sites for hydroxylation is 1. The molecule has 3 rings (SSSR count). The number of hydrogen-bond acceptors (Lipinski definition) is 3. The van der Waals surface area contributed by atoms with Gasteiger partial charge in [0.15, 0.2) is 5.60 Å². The van der Waals surface area contributed by atoms with Gasteiger partial charge in [0.05, 0.1) is 12.2 Å². The molecule has 3 nitrogen and oxygen atoms in total. The van der Waals surface area contributed by atoms with Crippen molar-refractivity contribution in [3.63, 3.8) is 0 Å². The average molecular weight is 335 g/mol. The van der Waals surface area contributed by atoms with E-state index in [0.29, 0.717) is 11.1 Å². The second-order valence-electron chi connectivity index (χ2n) is 6.93. The first kappa shape index (κ1) is 17.5. The summed E-state index contributed by atoms with van der Waals surface area (Å²) in [7, 11) is 0. The van der Waals surface area contributed by atoms with Crippen LogP contribution in [0, 0.1) is 19.3 Å². The summed E-state index contributed by atoms with van der Waals surface area (Å²) in [5.41, 5.74) is 2.25. The molecule has 0 saturated carbocycles. The molecule has 1 aliphatic heterocycles. The fourth-order valence-corrected chi connectivity index (χ4v) is 3.43. The summed E-state index contributed by atoms with van der Waals surface area (Å²) in [4.78, 5) is 2.31. The van der Waals surface area contributed by atoms with Gasteiger partial charge < -0.3 is 14.7 Å². The first-order chi connectivity index (χ1) is 11.9. The zero-order valence-electron chi connectivity index (χ0n) is 15.1. The van der Waals surface area contributed by atoms with Crippen molar-refractivity contribution < 1.29 is 9.84 Å². The number of terminal acetylenes is 1. The summed E-state index contributed by atoms with van der Waals surface area (Å²) in [6.45, 7) is 7.91. The number of anilines is 1. The molecule has 0 aromatic heterocycles. The van der Waals surface area contributed by atoms with Crippen molar-refractivity contribution in [3.8, 4) is 12.3 Å². The third kappa shape index (κ3) is 3.56. The molecule has 1 fully saturated rings. The molecule has 0 bridgehead atoms. The highest BCUT2D eigenvalue weighted by Gasteiger charge is 2.29. The van der Waals surface area contributed by atoms with Gasteiger partial charge in [-0.05, 0) is 32.9 Å². The van der Waals surface area contributed by atoms with Crippen LogP contribution < -0.4 is 4.90 Å². The van der Waals surface area contributed by atoms with Crippen LogP contribution in [0.25, 0.3) is 0 Å². The predicted molar refractivity (Wildman–Crippen MR) is 102 cm³/mol. The van der Waals surface area contributed by atoms with Gasteiger partial charge in [0, 0.05) is 29.9 Å². The third-order valence-electron chi connectivity index (χ3n) is 4.75. The van der Waals surface area contributed by atoms with E-state index in [2.05, 4.69) is 24.7 Å². The van der Waals surface area contributed by atoms with Gasteiger partial charge in [-0.3, -0.25) is 0 Å². The first-order valence-electron chi connectivity index (χ1n) is 8.70. The van der Waals surface area contributed by atoms with E-state index in [9.17, 15) is 5.11 Å². The van der Waals surface area contributed by atoms with Crippen molar-refractivity contribution >= 4 is 5.69 Å². The topological polar surface area (TPSA) is 32.7 Å². The SMILES string of the molecule is C#CC(O)(c1ccc(C)cc1)c1ccc(N2CC(C)OC(C)C2)cc1. The molecule has 2 aromatic rings. The Balaban J connectivity index is 1.88. The normalized spacial score (nSPS) is 22.9. The Morgan fingerprint density at radius 1 is 1.00 bits per heavy atom. The van der Waals surface area contributed by atoms with Gasteiger partial charge in [0.25, 0.3) is 0 Å². The fourth-order valence-electron chi connectivity index (χ4n) is 3.43. The van der Waals surface area contributed by atoms with E-state index in [1.165, 1.54) is 0 Å². The Kier molecular flexibility index (Phi) is 4.85. The summed E-state index contributed by atoms with van der Waals surface area (Å²) in [5, 5.41) is 11.1. The molecule has 0 amide bonds. The molecule has 3 unspecified atom stereocenters. The quantitative estimate of drug-likeness (QED) is 0.872. The molecular formula is C22H25NO2. The van der Waals surface area contributed by atoms with Crippen LogP contribution in [0.4, 0.5) is 5.69 Å². The van der Waals surface area contributed by atoms with Gasteiger partial charge in [0.1, 0.15) is 0 Å². The summed E-state index contributed by atoms with van der Waals surface area (Å²) in [5.74, 6) is 2.57. The maximum absolute atomic E-state index is 11.1. The maximum Gasteiger partial charge on any atom is 0.176 e. The van der Waals surface area contributed by atoms with E-state index in [1.807, 2.05) is 55.5 Å². The van der Waals surface area contributed by atoms with Crippen molar-refractivity contribution in [2.24, 2.45) is 0 Å². The zero-order chi connectivity index (χ0) is 18.0. The van der Waals surface area contributed by atoms with E-state index in [1.54, 1.807) is 0 Å². The zero-order valence-corrected chi connectivity index (χ0v) is 15.1. The Hall–Kier alpha value is -2.28. The summed E-state index contributed by atoms with van der Waals surface area (Å²) < 4.78 is 5.79. The standard InChI is InChI=1S/C22H25NO2/c1-5-22(24,19-8-6-16(2)7-9-19)20-10-12-21(13-11-20)23-14-17(3)25-18(4)15-23/h1,6-13,17-18,24H,14-15H2,2-4H3. The van der Waals surface area contributed by atoms with Gasteiger partial charge in [-0.2, -0.15) is 0 Å². The Bertz CT molecular complexity index is 750. The average Bonchev–Trinajstić information content (AvgIpc) is 2.61. The number of nitrogens with zero attached hydrogens (tertiary/aromatic N) is 1. The van der Waals surface area contributed by atoms with Crippen molar-refractivity contribution in [1.82, 2.24) is 0 Å². The van der Waals surface area contributed by atoms with E-state index in [0.717, 1.165) is 24.3 Å². The van der Waals surface area contributed by atoms with Crippen molar-refractivity contribution in [1.29, 1.82) is 0 Å². The highest BCUT2D eigenvalue weighted by atomic mass is 16.5. The van der Waals surface area contributed by atoms with Crippen molar-refractivity contribution in [2.75, 3.05) is 18.0 Å². The van der Waals surface area contributed by atoms with Crippen LogP contribution in [0.5, 0.6) is 0 Å². The molecule has 3 atom stereocenters. The fraction of sp³-hybridized carbons (Fsp3) is 0.364. The molecule has 1 heterocycles. The molecule has 1 aliphatic rings. The van der Waals surface area contributed by atoms with Gasteiger partial charge in [0.2, 0.25) is 0 Å². The Morgan fingerprint density at radius 3 is 1.96 bits per heavy atom. The maximum atomic E-state index is 11.1. The molecular weight excluding hydrogens is 310 g/mol. The minimum Gasteiger partial charge on any atom is -0.372 e. The monoisotopic (exact) mass is 335 g/mol. The van der Waals surface area contributed by atoms with Gasteiger partial charge in [-0.1, -0.05) is 47.9 Å². The molecule has 2 aromatic carbocycles. The van der Waals surface area contributed by atoms with Gasteiger partial charge >= 0.3 is 0 Å². The number of morpholine rings is 1. The number of rotatable bonds is 3. The second kappa shape index (κ2) is 6.92. The van der Waals surface area contributed by atoms with Gasteiger partial charge in [-0.25, -0.2) is 0 Å². The van der Waals surface area contributed by atoms with E-state index in [-0.39, 0.29) is 12.2 Å². The van der Waals surface area contributed by atoms with E-state index < -0.39 is 5.60 Å². The predicted octanol–water partition coefficient (Wildman–Crippen LogP) is 3.48. The largest absolute Gasteiger partial charge is 0.372 e. The first-order valence-corrected chi connectivity index (χ1v) is 8.70. The summed E-state index contributed by atoms with van der Waals surface area (Å²) in [6.07, 6.45) is 6.11. The lowest BCUT2D eigenvalue weighted by atomic mass is 9.86. The summed E-state index contributed by atoms with van der Waals surface area (Å²) in [6, 6.07) is 15.6. The Morgan fingerprint density at radius 2 is 1.48 bits per heavy atom. The molecule has 3 heteroatoms. The lowest BCUT2D eigenvalue weighted by Crippen LogP contribution is -2.45. The van der Waals surface area contributed by atoms with Crippen LogP contribution in [0.2, 0.25) is 0 Å². The molecule has 25 heavy (non-hydrogen) atoms. The van der Waals surface area contributed by atoms with Crippen molar-refractivity contribution in [2.45, 2.75) is 38.6 Å². The third-order valence-corrected chi connectivity index (χ3v) is 4.75. The highest BCUT2D eigenvalue weighted by molar-refractivity contribution is 5.52. The van der Waals surface area contributed by atoms with Crippen LogP contribution in [-0.4, -0.2) is 30.4 Å². The molecule has 0 radical (unpaired) electrons. The van der Waals surface area contributed by atoms with Crippen LogP contribution >= 0.6 is 0 Å². The molecule has 0 aliphatic carbocycles.